The van der Waals surface area contributed by atoms with Crippen LogP contribution in [0.3, 0.4) is 0 Å². The van der Waals surface area contributed by atoms with Crippen LogP contribution in [0.5, 0.6) is 5.75 Å². The average Bonchev–Trinajstić information content (AvgIpc) is 2.66. The van der Waals surface area contributed by atoms with Crippen molar-refractivity contribution in [2.75, 3.05) is 0 Å². The molecule has 2 rings (SSSR count). The first-order valence-electron chi connectivity index (χ1n) is 6.66. The Kier molecular flexibility index (Phi) is 8.33. The third kappa shape index (κ3) is 8.04. The minimum Gasteiger partial charge on any atom is -0.508 e. The molecule has 116 valence electrons. The van der Waals surface area contributed by atoms with E-state index in [0.717, 1.165) is 5.56 Å². The Labute approximate surface area is 133 Å². The van der Waals surface area contributed by atoms with Crippen LogP contribution in [-0.4, -0.2) is 22.2 Å². The van der Waals surface area contributed by atoms with Crippen LogP contribution >= 0.6 is 11.3 Å². The van der Waals surface area contributed by atoms with Crippen LogP contribution in [0.2, 0.25) is 0 Å². The number of aromatic hydroxyl groups is 1. The summed E-state index contributed by atoms with van der Waals surface area (Å²) in [5.74, 6) is -0.860. The lowest BCUT2D eigenvalue weighted by Gasteiger charge is -2.05. The van der Waals surface area contributed by atoms with E-state index < -0.39 is 12.0 Å². The Morgan fingerprint density at radius 2 is 1.50 bits per heavy atom. The number of carbonyl (C=O) groups is 1. The molecule has 0 saturated carbocycles. The molecule has 1 aromatic heterocycles. The maximum Gasteiger partial charge on any atom is 0.320 e. The zero-order chi connectivity index (χ0) is 16.2. The number of benzene rings is 1. The summed E-state index contributed by atoms with van der Waals surface area (Å²) in [6, 6.07) is 17.5. The molecule has 0 fully saturated rings. The second-order valence-electron chi connectivity index (χ2n) is 4.38. The fourth-order valence-corrected chi connectivity index (χ4v) is 1.91. The number of carboxylic acids is 1. The Morgan fingerprint density at radius 3 is 2.00 bits per heavy atom. The minimum atomic E-state index is -1.02. The number of nitrogens with two attached hydrogens (primary N) is 1. The van der Waals surface area contributed by atoms with E-state index in [9.17, 15) is 4.79 Å². The highest BCUT2D eigenvalue weighted by molar-refractivity contribution is 7.07. The van der Waals surface area contributed by atoms with E-state index in [1.807, 2.05) is 47.2 Å². The third-order valence-corrected chi connectivity index (χ3v) is 3.21. The molecular formula is C17H19NO3S. The number of phenolic OH excluding ortho intramolecular Hbond substituents is 1. The van der Waals surface area contributed by atoms with Crippen molar-refractivity contribution in [1.29, 1.82) is 0 Å². The summed E-state index contributed by atoms with van der Waals surface area (Å²) in [5, 5.41) is 21.6. The van der Waals surface area contributed by atoms with E-state index >= 15 is 0 Å². The van der Waals surface area contributed by atoms with Gasteiger partial charge in [0.15, 0.2) is 0 Å². The Balaban J connectivity index is 0.000000235. The molecule has 0 aliphatic heterocycles. The number of hydrogen-bond donors (Lipinski definition) is 3. The monoisotopic (exact) mass is 317 g/mol. The predicted molar refractivity (Wildman–Crippen MR) is 89.4 cm³/mol. The van der Waals surface area contributed by atoms with Gasteiger partial charge in [-0.2, -0.15) is 11.3 Å². The molecule has 4 N–H and O–H groups in total. The fraction of sp³-hybridized carbons (Fsp3) is 0.118. The maximum absolute atomic E-state index is 10.4. The van der Waals surface area contributed by atoms with Gasteiger partial charge in [-0.25, -0.2) is 0 Å². The second-order valence-corrected chi connectivity index (χ2v) is 5.19. The average molecular weight is 317 g/mol. The van der Waals surface area contributed by atoms with Crippen molar-refractivity contribution in [1.82, 2.24) is 0 Å². The first-order chi connectivity index (χ1) is 10.6. The second kappa shape index (κ2) is 10.4. The quantitative estimate of drug-likeness (QED) is 0.811. The highest BCUT2D eigenvalue weighted by Gasteiger charge is 2.11. The molecule has 0 aliphatic rings. The first kappa shape index (κ1) is 17.7. The van der Waals surface area contributed by atoms with Crippen LogP contribution in [-0.2, 0) is 11.2 Å². The summed E-state index contributed by atoms with van der Waals surface area (Å²) < 4.78 is 0. The van der Waals surface area contributed by atoms with Crippen LogP contribution < -0.4 is 5.73 Å². The molecule has 0 amide bonds. The molecule has 0 spiro atoms. The van der Waals surface area contributed by atoms with Crippen LogP contribution in [0.15, 0.2) is 71.4 Å². The zero-order valence-corrected chi connectivity index (χ0v) is 12.8. The van der Waals surface area contributed by atoms with Gasteiger partial charge < -0.3 is 15.9 Å². The van der Waals surface area contributed by atoms with Crippen molar-refractivity contribution in [3.05, 3.63) is 77.0 Å². The molecule has 0 aliphatic carbocycles. The van der Waals surface area contributed by atoms with Gasteiger partial charge in [0.05, 0.1) is 0 Å². The van der Waals surface area contributed by atoms with E-state index in [4.69, 9.17) is 15.9 Å². The van der Waals surface area contributed by atoms with Gasteiger partial charge in [0.1, 0.15) is 11.8 Å². The number of phenols is 1. The van der Waals surface area contributed by atoms with Gasteiger partial charge in [0.2, 0.25) is 0 Å². The topological polar surface area (TPSA) is 83.5 Å². The van der Waals surface area contributed by atoms with Crippen LogP contribution in [0.1, 0.15) is 5.56 Å². The summed E-state index contributed by atoms with van der Waals surface area (Å²) in [5.41, 5.74) is 6.12. The Morgan fingerprint density at radius 1 is 1.00 bits per heavy atom. The highest BCUT2D eigenvalue weighted by Crippen LogP contribution is 2.10. The van der Waals surface area contributed by atoms with Crippen molar-refractivity contribution < 1.29 is 15.0 Å². The molecule has 1 atom stereocenters. The van der Waals surface area contributed by atoms with Crippen molar-refractivity contribution in [2.24, 2.45) is 5.73 Å². The van der Waals surface area contributed by atoms with Crippen LogP contribution in [0, 0.1) is 0 Å². The molecule has 1 heterocycles. The smallest absolute Gasteiger partial charge is 0.320 e. The predicted octanol–water partition coefficient (Wildman–Crippen LogP) is 3.22. The summed E-state index contributed by atoms with van der Waals surface area (Å²) in [6.07, 6.45) is 0.273. The first-order valence-corrected chi connectivity index (χ1v) is 7.60. The maximum atomic E-state index is 10.4. The molecule has 4 nitrogen and oxygen atoms in total. The van der Waals surface area contributed by atoms with E-state index in [0.29, 0.717) is 0 Å². The van der Waals surface area contributed by atoms with E-state index in [1.165, 1.54) is 12.1 Å². The number of carboxylic acid groups (broad SMARTS) is 1. The number of hydrogen-bond acceptors (Lipinski definition) is 4. The Bertz CT molecular complexity index is 534. The van der Waals surface area contributed by atoms with Gasteiger partial charge in [-0.15, -0.1) is 0 Å². The van der Waals surface area contributed by atoms with Gasteiger partial charge in [-0.1, -0.05) is 48.5 Å². The van der Waals surface area contributed by atoms with Crippen molar-refractivity contribution in [2.45, 2.75) is 12.5 Å². The van der Waals surface area contributed by atoms with E-state index in [1.54, 1.807) is 23.5 Å². The summed E-state index contributed by atoms with van der Waals surface area (Å²) in [7, 11) is 0. The highest BCUT2D eigenvalue weighted by atomic mass is 32.1. The van der Waals surface area contributed by atoms with Gasteiger partial charge in [0.25, 0.3) is 0 Å². The lowest BCUT2D eigenvalue weighted by molar-refractivity contribution is -0.138. The molecule has 22 heavy (non-hydrogen) atoms. The summed E-state index contributed by atoms with van der Waals surface area (Å²) in [4.78, 5) is 10.4. The van der Waals surface area contributed by atoms with Crippen molar-refractivity contribution in [3.8, 4) is 5.75 Å². The lowest BCUT2D eigenvalue weighted by atomic mass is 10.1. The SMILES string of the molecule is N[C@@H](Cc1ccc(O)cc1)C(=O)O.c1ccccsccc1. The normalized spacial score (nSPS) is 10.6. The van der Waals surface area contributed by atoms with E-state index in [-0.39, 0.29) is 12.2 Å². The molecule has 0 bridgehead atoms. The van der Waals surface area contributed by atoms with Gasteiger partial charge >= 0.3 is 5.97 Å². The number of aliphatic carboxylic acids is 1. The van der Waals surface area contributed by atoms with E-state index in [2.05, 4.69) is 0 Å². The number of rotatable bonds is 3. The van der Waals surface area contributed by atoms with Crippen molar-refractivity contribution in [3.63, 3.8) is 0 Å². The third-order valence-electron chi connectivity index (χ3n) is 2.58. The zero-order valence-electron chi connectivity index (χ0n) is 12.0. The lowest BCUT2D eigenvalue weighted by Crippen LogP contribution is -2.32. The molecular weight excluding hydrogens is 298 g/mol. The molecule has 2 aromatic rings. The summed E-state index contributed by atoms with van der Waals surface area (Å²) >= 11 is 1.68. The van der Waals surface area contributed by atoms with Crippen LogP contribution in [0.4, 0.5) is 0 Å². The molecule has 1 aromatic carbocycles. The largest absolute Gasteiger partial charge is 0.508 e. The van der Waals surface area contributed by atoms with Crippen molar-refractivity contribution >= 4 is 17.3 Å². The molecule has 0 unspecified atom stereocenters. The van der Waals surface area contributed by atoms with Crippen LogP contribution in [0.25, 0.3) is 0 Å². The van der Waals surface area contributed by atoms with Gasteiger partial charge in [0, 0.05) is 0 Å². The standard InChI is InChI=1S/C9H11NO3.C8H8S/c10-8(9(12)13)5-6-1-3-7(11)4-2-6;1-2-4-6-8-9-7-5-3-1/h1-4,8,11H,5,10H2,(H,12,13);1-8H/t8-;/m0./s1. The minimum absolute atomic E-state index is 0.160. The van der Waals surface area contributed by atoms with Gasteiger partial charge in [-0.05, 0) is 34.9 Å². The molecule has 5 heteroatoms. The fourth-order valence-electron chi connectivity index (χ4n) is 1.46. The van der Waals surface area contributed by atoms with Gasteiger partial charge in [-0.3, -0.25) is 4.79 Å². The Hall–Kier alpha value is -2.37. The molecule has 0 saturated heterocycles. The molecule has 0 radical (unpaired) electrons. The summed E-state index contributed by atoms with van der Waals surface area (Å²) in [6.45, 7) is 0.